The van der Waals surface area contributed by atoms with Gasteiger partial charge in [0, 0.05) is 0 Å². The molecule has 6 heteroatoms. The summed E-state index contributed by atoms with van der Waals surface area (Å²) in [6, 6.07) is 13.9. The molecule has 2 aromatic carbocycles. The maximum atomic E-state index is 12.4. The zero-order chi connectivity index (χ0) is 16.9. The Labute approximate surface area is 147 Å². The van der Waals surface area contributed by atoms with Crippen LogP contribution in [0.3, 0.4) is 0 Å². The number of carboxylic acid groups (broad SMARTS) is 1. The Morgan fingerprint density at radius 3 is 2.58 bits per heavy atom. The van der Waals surface area contributed by atoms with Crippen LogP contribution in [0, 0.1) is 0 Å². The van der Waals surface area contributed by atoms with E-state index >= 15 is 0 Å². The number of hydrogen-bond donors (Lipinski definition) is 1. The van der Waals surface area contributed by atoms with E-state index in [1.165, 1.54) is 0 Å². The second-order valence-electron chi connectivity index (χ2n) is 5.71. The van der Waals surface area contributed by atoms with Gasteiger partial charge in [0.25, 0.3) is 0 Å². The molecule has 1 aliphatic heterocycles. The summed E-state index contributed by atoms with van der Waals surface area (Å²) in [5, 5.41) is 11.7. The van der Waals surface area contributed by atoms with E-state index in [9.17, 15) is 14.7 Å². The van der Waals surface area contributed by atoms with Crippen molar-refractivity contribution in [2.45, 2.75) is 11.1 Å². The second-order valence-corrected chi connectivity index (χ2v) is 8.36. The van der Waals surface area contributed by atoms with Crippen LogP contribution < -0.4 is 0 Å². The minimum atomic E-state index is -0.950. The Kier molecular flexibility index (Phi) is 5.54. The number of carboxylic acids is 1. The molecule has 1 saturated heterocycles. The molecule has 0 aliphatic carbocycles. The average molecular weight is 388 g/mol. The van der Waals surface area contributed by atoms with Crippen molar-refractivity contribution < 1.29 is 19.4 Å². The van der Waals surface area contributed by atoms with Crippen molar-refractivity contribution in [1.29, 1.82) is 0 Å². The molecule has 1 amide bonds. The number of benzene rings is 2. The topological polar surface area (TPSA) is 66.8 Å². The van der Waals surface area contributed by atoms with Gasteiger partial charge in [-0.1, -0.05) is 0 Å². The summed E-state index contributed by atoms with van der Waals surface area (Å²) in [7, 11) is 0. The molecule has 0 bridgehead atoms. The second kappa shape index (κ2) is 7.82. The molecule has 0 saturated carbocycles. The molecule has 5 nitrogen and oxygen atoms in total. The first-order chi connectivity index (χ1) is 11.6. The van der Waals surface area contributed by atoms with Gasteiger partial charge in [-0.2, -0.15) is 0 Å². The number of amides is 1. The Morgan fingerprint density at radius 2 is 1.83 bits per heavy atom. The first-order valence-electron chi connectivity index (χ1n) is 7.92. The van der Waals surface area contributed by atoms with Crippen molar-refractivity contribution in [1.82, 2.24) is 4.90 Å². The summed E-state index contributed by atoms with van der Waals surface area (Å²) >= 11 is -0.950. The zero-order valence-electron chi connectivity index (χ0n) is 13.2. The van der Waals surface area contributed by atoms with E-state index in [1.54, 1.807) is 4.90 Å². The zero-order valence-corrected chi connectivity index (χ0v) is 15.1. The fraction of sp³-hybridized carbons (Fsp3) is 0.333. The molecule has 3 rings (SSSR count). The fourth-order valence-corrected chi connectivity index (χ4v) is 4.99. The van der Waals surface area contributed by atoms with Crippen LogP contribution in [-0.2, 0) is 16.0 Å². The third kappa shape index (κ3) is 3.97. The molecule has 0 spiro atoms. The fourth-order valence-electron chi connectivity index (χ4n) is 2.84. The van der Waals surface area contributed by atoms with E-state index in [4.69, 9.17) is 4.74 Å². The van der Waals surface area contributed by atoms with Gasteiger partial charge in [0.1, 0.15) is 0 Å². The SMILES string of the molecule is O=C(O)[C@H](Cc1cccc2ccccc12)[As]C(=O)N1CCOCC1. The van der Waals surface area contributed by atoms with E-state index in [0.29, 0.717) is 32.7 Å². The van der Waals surface area contributed by atoms with Gasteiger partial charge >= 0.3 is 147 Å². The van der Waals surface area contributed by atoms with Crippen molar-refractivity contribution in [3.8, 4) is 0 Å². The van der Waals surface area contributed by atoms with E-state index in [0.717, 1.165) is 16.3 Å². The van der Waals surface area contributed by atoms with Crippen LogP contribution in [0.4, 0.5) is 4.79 Å². The number of nitrogens with zero attached hydrogens (tertiary/aromatic N) is 1. The van der Waals surface area contributed by atoms with Crippen molar-refractivity contribution in [3.63, 3.8) is 0 Å². The molecule has 1 N–H and O–H groups in total. The van der Waals surface area contributed by atoms with Gasteiger partial charge < -0.3 is 0 Å². The predicted octanol–water partition coefficient (Wildman–Crippen LogP) is 2.41. The summed E-state index contributed by atoms with van der Waals surface area (Å²) < 4.78 is 4.61. The van der Waals surface area contributed by atoms with Crippen molar-refractivity contribution in [2.75, 3.05) is 26.3 Å². The number of rotatable bonds is 5. The summed E-state index contributed by atoms with van der Waals surface area (Å²) in [6.07, 6.45) is 0.396. The van der Waals surface area contributed by atoms with Crippen LogP contribution >= 0.6 is 0 Å². The molecule has 1 radical (unpaired) electrons. The Balaban J connectivity index is 1.76. The molecular weight excluding hydrogens is 369 g/mol. The summed E-state index contributed by atoms with van der Waals surface area (Å²) in [5.74, 6) is -0.885. The van der Waals surface area contributed by atoms with E-state index in [-0.39, 0.29) is 4.69 Å². The number of carbonyl (C=O) groups is 2. The molecule has 0 unspecified atom stereocenters. The first-order valence-corrected chi connectivity index (χ1v) is 9.94. The Morgan fingerprint density at radius 1 is 1.12 bits per heavy atom. The maximum absolute atomic E-state index is 12.4. The molecular formula is C18H19AsNO4. The number of ether oxygens (including phenoxy) is 1. The van der Waals surface area contributed by atoms with Gasteiger partial charge in [-0.15, -0.1) is 0 Å². The van der Waals surface area contributed by atoms with E-state index in [2.05, 4.69) is 0 Å². The number of aliphatic carboxylic acids is 1. The summed E-state index contributed by atoms with van der Waals surface area (Å²) in [6.45, 7) is 2.20. The molecule has 24 heavy (non-hydrogen) atoms. The minimum absolute atomic E-state index is 0.0119. The van der Waals surface area contributed by atoms with Gasteiger partial charge in [0.2, 0.25) is 0 Å². The summed E-state index contributed by atoms with van der Waals surface area (Å²) in [4.78, 5) is 25.8. The van der Waals surface area contributed by atoms with Crippen molar-refractivity contribution >= 4 is 37.2 Å². The third-order valence-electron chi connectivity index (χ3n) is 4.13. The molecule has 2 aromatic rings. The van der Waals surface area contributed by atoms with Crippen LogP contribution in [0.15, 0.2) is 42.5 Å². The van der Waals surface area contributed by atoms with Gasteiger partial charge in [-0.25, -0.2) is 0 Å². The number of hydrogen-bond acceptors (Lipinski definition) is 3. The monoisotopic (exact) mass is 388 g/mol. The molecule has 1 aliphatic rings. The number of morpholine rings is 1. The molecule has 1 atom stereocenters. The van der Waals surface area contributed by atoms with Gasteiger partial charge in [-0.3, -0.25) is 0 Å². The van der Waals surface area contributed by atoms with Crippen molar-refractivity contribution in [3.05, 3.63) is 48.0 Å². The van der Waals surface area contributed by atoms with Crippen molar-refractivity contribution in [2.24, 2.45) is 0 Å². The Hall–Kier alpha value is -1.84. The van der Waals surface area contributed by atoms with Crippen LogP contribution in [0.1, 0.15) is 5.56 Å². The van der Waals surface area contributed by atoms with Crippen LogP contribution in [0.5, 0.6) is 0 Å². The normalized spacial score (nSPS) is 16.6. The molecule has 1 fully saturated rings. The molecule has 0 aromatic heterocycles. The number of carbonyl (C=O) groups excluding carboxylic acids is 1. The van der Waals surface area contributed by atoms with Crippen LogP contribution in [0.2, 0.25) is 4.71 Å². The summed E-state index contributed by atoms with van der Waals surface area (Å²) in [5.41, 5.74) is 0.991. The number of fused-ring (bicyclic) bond motifs is 1. The average Bonchev–Trinajstić information content (AvgIpc) is 2.62. The van der Waals surface area contributed by atoms with Gasteiger partial charge in [-0.05, 0) is 0 Å². The molecule has 125 valence electrons. The molecule has 1 heterocycles. The first kappa shape index (κ1) is 17.0. The third-order valence-corrected chi connectivity index (χ3v) is 6.68. The quantitative estimate of drug-likeness (QED) is 0.799. The van der Waals surface area contributed by atoms with Crippen LogP contribution in [-0.4, -0.2) is 62.7 Å². The van der Waals surface area contributed by atoms with Gasteiger partial charge in [0.15, 0.2) is 0 Å². The standard InChI is InChI=1S/C18H19AsNO4/c21-17(22)16(19-18(23)20-8-10-24-11-9-20)12-14-6-3-5-13-4-1-2-7-15(13)14/h1-7,16H,8-12H2,(H,21,22)/t16-/m0/s1. The van der Waals surface area contributed by atoms with E-state index in [1.807, 2.05) is 42.5 Å². The van der Waals surface area contributed by atoms with E-state index < -0.39 is 26.4 Å². The van der Waals surface area contributed by atoms with Gasteiger partial charge in [0.05, 0.1) is 0 Å². The predicted molar refractivity (Wildman–Crippen MR) is 92.6 cm³/mol. The van der Waals surface area contributed by atoms with Crippen LogP contribution in [0.25, 0.3) is 10.8 Å². The Bertz CT molecular complexity index is 737.